The van der Waals surface area contributed by atoms with Crippen LogP contribution in [0, 0.1) is 0 Å². The highest BCUT2D eigenvalue weighted by molar-refractivity contribution is 9.11. The first kappa shape index (κ1) is 30.7. The predicted molar refractivity (Wildman–Crippen MR) is 214 cm³/mol. The van der Waals surface area contributed by atoms with Gasteiger partial charge >= 0.3 is 0 Å². The van der Waals surface area contributed by atoms with Gasteiger partial charge in [0.25, 0.3) is 0 Å². The molecule has 0 aliphatic heterocycles. The molecular weight excluding hydrogens is 872 g/mol. The van der Waals surface area contributed by atoms with Gasteiger partial charge in [-0.2, -0.15) is 15.0 Å². The average Bonchev–Trinajstić information content (AvgIpc) is 3.60. The van der Waals surface area contributed by atoms with E-state index in [4.69, 9.17) is 15.0 Å². The lowest BCUT2D eigenvalue weighted by Gasteiger charge is -2.24. The molecular formula is C39H22Br4N6. The second-order valence-corrected chi connectivity index (χ2v) is 15.2. The lowest BCUT2D eigenvalue weighted by Crippen LogP contribution is -2.18. The maximum absolute atomic E-state index is 5.31. The SMILES string of the molecule is Brc1ccc2c(c1)c1cc(Br)ccc1n2-c1nc(N(c2ccccc2)c2ccccc2)nc(-n2c3ccc(Br)cc3c3cc(Br)ccc32)n1. The van der Waals surface area contributed by atoms with Gasteiger partial charge in [-0.1, -0.05) is 100 Å². The molecule has 9 rings (SSSR count). The number of hydrogen-bond acceptors (Lipinski definition) is 4. The second kappa shape index (κ2) is 12.2. The van der Waals surface area contributed by atoms with E-state index in [-0.39, 0.29) is 0 Å². The Balaban J connectivity index is 1.42. The lowest BCUT2D eigenvalue weighted by molar-refractivity contribution is 0.878. The van der Waals surface area contributed by atoms with Crippen LogP contribution < -0.4 is 4.90 Å². The van der Waals surface area contributed by atoms with Gasteiger partial charge in [0.05, 0.1) is 22.1 Å². The Hall–Kier alpha value is -4.35. The van der Waals surface area contributed by atoms with Crippen molar-refractivity contribution in [2.75, 3.05) is 4.90 Å². The first-order valence-corrected chi connectivity index (χ1v) is 18.6. The number of para-hydroxylation sites is 2. The molecule has 0 radical (unpaired) electrons. The second-order valence-electron chi connectivity index (χ2n) is 11.6. The van der Waals surface area contributed by atoms with E-state index in [0.29, 0.717) is 17.8 Å². The number of rotatable bonds is 5. The smallest absolute Gasteiger partial charge is 0.241 e. The molecule has 0 amide bonds. The zero-order valence-electron chi connectivity index (χ0n) is 25.4. The Bertz CT molecular complexity index is 2420. The molecule has 0 saturated carbocycles. The quantitative estimate of drug-likeness (QED) is 0.173. The third-order valence-electron chi connectivity index (χ3n) is 8.61. The van der Waals surface area contributed by atoms with Gasteiger partial charge in [0.2, 0.25) is 17.8 Å². The number of nitrogens with zero attached hydrogens (tertiary/aromatic N) is 6. The molecule has 3 heterocycles. The Kier molecular flexibility index (Phi) is 7.65. The highest BCUT2D eigenvalue weighted by atomic mass is 79.9. The Morgan fingerprint density at radius 1 is 0.388 bits per heavy atom. The molecule has 0 fully saturated rings. The van der Waals surface area contributed by atoms with E-state index < -0.39 is 0 Å². The topological polar surface area (TPSA) is 51.8 Å². The van der Waals surface area contributed by atoms with Crippen LogP contribution in [0.2, 0.25) is 0 Å². The van der Waals surface area contributed by atoms with Gasteiger partial charge in [0.1, 0.15) is 0 Å². The molecule has 3 aromatic heterocycles. The molecule has 6 aromatic carbocycles. The molecule has 49 heavy (non-hydrogen) atoms. The Labute approximate surface area is 314 Å². The number of halogens is 4. The molecule has 0 saturated heterocycles. The highest BCUT2D eigenvalue weighted by Gasteiger charge is 2.24. The molecule has 0 aliphatic carbocycles. The van der Waals surface area contributed by atoms with E-state index in [9.17, 15) is 0 Å². The van der Waals surface area contributed by atoms with Crippen molar-refractivity contribution in [3.63, 3.8) is 0 Å². The first-order chi connectivity index (χ1) is 23.9. The summed E-state index contributed by atoms with van der Waals surface area (Å²) in [5, 5.41) is 4.35. The van der Waals surface area contributed by atoms with Gasteiger partial charge in [0.15, 0.2) is 0 Å². The summed E-state index contributed by atoms with van der Waals surface area (Å²) in [6.45, 7) is 0. The summed E-state index contributed by atoms with van der Waals surface area (Å²) in [5.41, 5.74) is 5.81. The van der Waals surface area contributed by atoms with E-state index in [2.05, 4.69) is 175 Å². The van der Waals surface area contributed by atoms with Crippen molar-refractivity contribution < 1.29 is 0 Å². The van der Waals surface area contributed by atoms with Crippen LogP contribution in [0.15, 0.2) is 151 Å². The van der Waals surface area contributed by atoms with Crippen molar-refractivity contribution in [3.8, 4) is 11.9 Å². The van der Waals surface area contributed by atoms with Crippen molar-refractivity contribution >= 4 is 125 Å². The minimum Gasteiger partial charge on any atom is -0.279 e. The van der Waals surface area contributed by atoms with Gasteiger partial charge in [-0.3, -0.25) is 14.0 Å². The summed E-state index contributed by atoms with van der Waals surface area (Å²) in [6.07, 6.45) is 0. The fraction of sp³-hybridized carbons (Fsp3) is 0. The standard InChI is InChI=1S/C39H22Br4N6/c40-23-11-15-33-29(19-23)30-20-24(41)12-16-34(30)48(33)38-44-37(47(27-7-3-1-4-8-27)28-9-5-2-6-10-28)45-39(46-38)49-35-17-13-25(42)21-31(35)32-22-26(43)14-18-36(32)49/h1-22H. The van der Waals surface area contributed by atoms with E-state index >= 15 is 0 Å². The van der Waals surface area contributed by atoms with Gasteiger partial charge in [-0.05, 0) is 97.1 Å². The molecule has 6 nitrogen and oxygen atoms in total. The molecule has 0 aliphatic rings. The number of aromatic nitrogens is 5. The van der Waals surface area contributed by atoms with Crippen molar-refractivity contribution in [3.05, 3.63) is 151 Å². The average molecular weight is 894 g/mol. The zero-order chi connectivity index (χ0) is 33.2. The maximum atomic E-state index is 5.31. The van der Waals surface area contributed by atoms with Crippen LogP contribution in [-0.4, -0.2) is 24.1 Å². The van der Waals surface area contributed by atoms with Gasteiger partial charge in [-0.15, -0.1) is 0 Å². The van der Waals surface area contributed by atoms with Crippen LogP contribution in [0.3, 0.4) is 0 Å². The summed E-state index contributed by atoms with van der Waals surface area (Å²) in [6, 6.07) is 45.7. The molecule has 9 aromatic rings. The maximum Gasteiger partial charge on any atom is 0.241 e. The summed E-state index contributed by atoms with van der Waals surface area (Å²) in [7, 11) is 0. The van der Waals surface area contributed by atoms with E-state index in [1.807, 2.05) is 36.4 Å². The van der Waals surface area contributed by atoms with E-state index in [1.165, 1.54) is 0 Å². The van der Waals surface area contributed by atoms with Gasteiger partial charge in [-0.25, -0.2) is 0 Å². The first-order valence-electron chi connectivity index (χ1n) is 15.4. The number of anilines is 3. The fourth-order valence-electron chi connectivity index (χ4n) is 6.54. The molecule has 0 N–H and O–H groups in total. The van der Waals surface area contributed by atoms with Crippen molar-refractivity contribution in [1.82, 2.24) is 24.1 Å². The lowest BCUT2D eigenvalue weighted by atomic mass is 10.2. The Morgan fingerprint density at radius 2 is 0.714 bits per heavy atom. The third kappa shape index (κ3) is 5.29. The number of fused-ring (bicyclic) bond motifs is 6. The minimum absolute atomic E-state index is 0.492. The van der Waals surface area contributed by atoms with Crippen molar-refractivity contribution in [2.24, 2.45) is 0 Å². The normalized spacial score (nSPS) is 11.7. The molecule has 0 spiro atoms. The zero-order valence-corrected chi connectivity index (χ0v) is 31.7. The molecule has 0 unspecified atom stereocenters. The van der Waals surface area contributed by atoms with Crippen LogP contribution in [0.1, 0.15) is 0 Å². The monoisotopic (exact) mass is 890 g/mol. The summed E-state index contributed by atoms with van der Waals surface area (Å²) >= 11 is 14.8. The molecule has 10 heteroatoms. The number of benzene rings is 6. The molecule has 0 atom stereocenters. The van der Waals surface area contributed by atoms with Crippen LogP contribution in [-0.2, 0) is 0 Å². The van der Waals surface area contributed by atoms with Crippen molar-refractivity contribution in [2.45, 2.75) is 0 Å². The fourth-order valence-corrected chi connectivity index (χ4v) is 7.99. The highest BCUT2D eigenvalue weighted by Crippen LogP contribution is 2.39. The summed E-state index contributed by atoms with van der Waals surface area (Å²) in [4.78, 5) is 18.0. The largest absolute Gasteiger partial charge is 0.279 e. The minimum atomic E-state index is 0.492. The predicted octanol–water partition coefficient (Wildman–Crippen LogP) is 12.6. The van der Waals surface area contributed by atoms with Crippen LogP contribution >= 0.6 is 63.7 Å². The summed E-state index contributed by atoms with van der Waals surface area (Å²) in [5.74, 6) is 1.50. The Morgan fingerprint density at radius 3 is 1.04 bits per heavy atom. The summed E-state index contributed by atoms with van der Waals surface area (Å²) < 4.78 is 8.26. The van der Waals surface area contributed by atoms with Crippen LogP contribution in [0.25, 0.3) is 55.5 Å². The third-order valence-corrected chi connectivity index (χ3v) is 10.6. The van der Waals surface area contributed by atoms with Crippen molar-refractivity contribution in [1.29, 1.82) is 0 Å². The molecule has 0 bridgehead atoms. The van der Waals surface area contributed by atoms with E-state index in [0.717, 1.165) is 72.9 Å². The van der Waals surface area contributed by atoms with Crippen LogP contribution in [0.5, 0.6) is 0 Å². The number of hydrogen-bond donors (Lipinski definition) is 0. The van der Waals surface area contributed by atoms with Gasteiger partial charge in [0, 0.05) is 50.8 Å². The van der Waals surface area contributed by atoms with Gasteiger partial charge < -0.3 is 0 Å². The molecule has 236 valence electrons. The van der Waals surface area contributed by atoms with E-state index in [1.54, 1.807) is 0 Å². The van der Waals surface area contributed by atoms with Crippen LogP contribution in [0.4, 0.5) is 17.3 Å².